The molecule has 1 aromatic carbocycles. The van der Waals surface area contributed by atoms with Crippen molar-refractivity contribution in [2.75, 3.05) is 7.05 Å². The number of ketones is 1. The molecule has 0 aliphatic heterocycles. The fraction of sp³-hybridized carbons (Fsp3) is 0.364. The molecule has 0 aliphatic rings. The third kappa shape index (κ3) is 2.67. The van der Waals surface area contributed by atoms with Crippen molar-refractivity contribution in [3.05, 3.63) is 35.4 Å². The zero-order chi connectivity index (χ0) is 9.68. The van der Waals surface area contributed by atoms with Crippen molar-refractivity contribution in [2.45, 2.75) is 19.9 Å². The minimum absolute atomic E-state index is 0. The van der Waals surface area contributed by atoms with Crippen molar-refractivity contribution in [3.63, 3.8) is 0 Å². The van der Waals surface area contributed by atoms with Gasteiger partial charge in [-0.05, 0) is 12.6 Å². The van der Waals surface area contributed by atoms with Crippen LogP contribution < -0.4 is 5.32 Å². The average molecular weight is 179 g/mol. The van der Waals surface area contributed by atoms with Crippen molar-refractivity contribution in [2.24, 2.45) is 0 Å². The van der Waals surface area contributed by atoms with Crippen LogP contribution in [0.4, 0.5) is 0 Å². The molecule has 0 fully saturated rings. The van der Waals surface area contributed by atoms with Gasteiger partial charge in [0, 0.05) is 20.0 Å². The van der Waals surface area contributed by atoms with Gasteiger partial charge in [0.15, 0.2) is 5.78 Å². The predicted octanol–water partition coefficient (Wildman–Crippen LogP) is 2.24. The van der Waals surface area contributed by atoms with E-state index in [1.54, 1.807) is 0 Å². The highest BCUT2D eigenvalue weighted by molar-refractivity contribution is 5.95. The quantitative estimate of drug-likeness (QED) is 0.718. The maximum Gasteiger partial charge on any atom is 0.162 e. The molecule has 1 rings (SSSR count). The summed E-state index contributed by atoms with van der Waals surface area (Å²) in [6.07, 6.45) is 0.575. The molecule has 2 nitrogen and oxygen atoms in total. The lowest BCUT2D eigenvalue weighted by Crippen LogP contribution is -2.05. The zero-order valence-electron chi connectivity index (χ0n) is 8.13. The van der Waals surface area contributed by atoms with Crippen LogP contribution in [0, 0.1) is 0 Å². The number of carbonyl (C=O) groups is 1. The van der Waals surface area contributed by atoms with Crippen LogP contribution in [0.5, 0.6) is 0 Å². The molecule has 0 radical (unpaired) electrons. The van der Waals surface area contributed by atoms with Gasteiger partial charge in [0.1, 0.15) is 0 Å². The lowest BCUT2D eigenvalue weighted by Gasteiger charge is -2.01. The molecule has 0 atom stereocenters. The van der Waals surface area contributed by atoms with Crippen LogP contribution in [-0.4, -0.2) is 12.8 Å². The van der Waals surface area contributed by atoms with Gasteiger partial charge in [0.25, 0.3) is 0 Å². The second-order valence-electron chi connectivity index (χ2n) is 3.00. The highest BCUT2D eigenvalue weighted by atomic mass is 16.1. The Morgan fingerprint density at radius 3 is 2.46 bits per heavy atom. The molecular weight excluding hydrogens is 162 g/mol. The van der Waals surface area contributed by atoms with Crippen LogP contribution in [0.1, 0.15) is 30.7 Å². The number of benzene rings is 1. The fourth-order valence-electron chi connectivity index (χ4n) is 1.22. The molecular formula is C11H17NO. The molecule has 0 aliphatic carbocycles. The van der Waals surface area contributed by atoms with E-state index in [0.717, 1.165) is 12.1 Å². The highest BCUT2D eigenvalue weighted by Gasteiger charge is 2.01. The number of hydrogen-bond donors (Lipinski definition) is 1. The summed E-state index contributed by atoms with van der Waals surface area (Å²) in [6, 6.07) is 7.75. The smallest absolute Gasteiger partial charge is 0.162 e. The Labute approximate surface area is 80.5 Å². The van der Waals surface area contributed by atoms with Crippen LogP contribution in [0.25, 0.3) is 0 Å². The molecule has 1 aromatic rings. The van der Waals surface area contributed by atoms with Crippen molar-refractivity contribution in [3.8, 4) is 0 Å². The van der Waals surface area contributed by atoms with Crippen molar-refractivity contribution in [1.29, 1.82) is 0 Å². The Kier molecular flexibility index (Phi) is 3.65. The van der Waals surface area contributed by atoms with E-state index in [-0.39, 0.29) is 7.21 Å². The minimum Gasteiger partial charge on any atom is -0.316 e. The monoisotopic (exact) mass is 179 g/mol. The number of hydrogen-bond acceptors (Lipinski definition) is 2. The Morgan fingerprint density at radius 2 is 2.00 bits per heavy atom. The Balaban J connectivity index is 0.00000169. The normalized spacial score (nSPS) is 10.0. The van der Waals surface area contributed by atoms with E-state index in [1.165, 1.54) is 5.56 Å². The Bertz CT molecular complexity index is 282. The lowest BCUT2D eigenvalue weighted by molar-refractivity contribution is 0.0988. The summed E-state index contributed by atoms with van der Waals surface area (Å²) in [5, 5.41) is 3.06. The van der Waals surface area contributed by atoms with Crippen molar-refractivity contribution < 1.29 is 6.22 Å². The van der Waals surface area contributed by atoms with E-state index in [0.29, 0.717) is 6.42 Å². The largest absolute Gasteiger partial charge is 0.316 e. The van der Waals surface area contributed by atoms with Gasteiger partial charge in [-0.1, -0.05) is 31.2 Å². The molecule has 0 aromatic heterocycles. The number of Topliss-reactive ketones (excluding diaryl/α,β-unsaturated/α-hetero) is 1. The summed E-state index contributed by atoms with van der Waals surface area (Å²) < 4.78 is 0. The molecule has 2 heteroatoms. The number of nitrogens with one attached hydrogen (secondary N) is 1. The van der Waals surface area contributed by atoms with E-state index >= 15 is 0 Å². The van der Waals surface area contributed by atoms with Crippen LogP contribution in [0.3, 0.4) is 0 Å². The summed E-state index contributed by atoms with van der Waals surface area (Å²) >= 11 is 0. The van der Waals surface area contributed by atoms with Gasteiger partial charge in [-0.2, -0.15) is 0 Å². The van der Waals surface area contributed by atoms with Crippen LogP contribution in [-0.2, 0) is 6.54 Å². The molecule has 0 unspecified atom stereocenters. The van der Waals surface area contributed by atoms with Gasteiger partial charge < -0.3 is 5.32 Å². The lowest BCUT2D eigenvalue weighted by atomic mass is 10.1. The molecule has 1 N–H and O–H groups in total. The van der Waals surface area contributed by atoms with Crippen LogP contribution in [0.15, 0.2) is 24.3 Å². The molecule has 0 saturated carbocycles. The van der Waals surface area contributed by atoms with Gasteiger partial charge in [-0.3, -0.25) is 4.79 Å². The van der Waals surface area contributed by atoms with Gasteiger partial charge in [0.2, 0.25) is 0 Å². The molecule has 0 amide bonds. The molecule has 0 bridgehead atoms. The molecule has 13 heavy (non-hydrogen) atoms. The first-order valence-corrected chi connectivity index (χ1v) is 4.54. The number of carbonyl (C=O) groups excluding carboxylic acids is 1. The SMILES string of the molecule is CCC(=O)c1ccc(CNC)cc1.[HH]. The average Bonchev–Trinajstić information content (AvgIpc) is 2.18. The van der Waals surface area contributed by atoms with Crippen molar-refractivity contribution in [1.82, 2.24) is 5.32 Å². The first kappa shape index (κ1) is 9.93. The second-order valence-corrected chi connectivity index (χ2v) is 3.00. The Morgan fingerprint density at radius 1 is 1.38 bits per heavy atom. The fourth-order valence-corrected chi connectivity index (χ4v) is 1.22. The van der Waals surface area contributed by atoms with Crippen molar-refractivity contribution >= 4 is 5.78 Å². The number of rotatable bonds is 4. The second kappa shape index (κ2) is 4.77. The van der Waals surface area contributed by atoms with Crippen LogP contribution >= 0.6 is 0 Å². The maximum absolute atomic E-state index is 11.3. The predicted molar refractivity (Wildman–Crippen MR) is 55.9 cm³/mol. The summed E-state index contributed by atoms with van der Waals surface area (Å²) in [6.45, 7) is 2.73. The third-order valence-electron chi connectivity index (χ3n) is 1.98. The standard InChI is InChI=1S/C11H15NO.H2/c1-3-11(13)10-6-4-9(5-7-10)8-12-2;/h4-7,12H,3,8H2,1-2H3;1H. The first-order chi connectivity index (χ1) is 6.27. The first-order valence-electron chi connectivity index (χ1n) is 4.54. The summed E-state index contributed by atoms with van der Waals surface area (Å²) in [4.78, 5) is 11.3. The maximum atomic E-state index is 11.3. The van der Waals surface area contributed by atoms with Crippen LogP contribution in [0.2, 0.25) is 0 Å². The van der Waals surface area contributed by atoms with E-state index in [2.05, 4.69) is 5.32 Å². The van der Waals surface area contributed by atoms with E-state index in [4.69, 9.17) is 0 Å². The Hall–Kier alpha value is -1.15. The van der Waals surface area contributed by atoms with E-state index in [1.807, 2.05) is 38.2 Å². The topological polar surface area (TPSA) is 29.1 Å². The summed E-state index contributed by atoms with van der Waals surface area (Å²) in [7, 11) is 1.91. The molecule has 0 spiro atoms. The van der Waals surface area contributed by atoms with Gasteiger partial charge >= 0.3 is 0 Å². The van der Waals surface area contributed by atoms with Gasteiger partial charge in [0.05, 0.1) is 0 Å². The van der Waals surface area contributed by atoms with Gasteiger partial charge in [-0.25, -0.2) is 0 Å². The molecule has 0 heterocycles. The highest BCUT2D eigenvalue weighted by Crippen LogP contribution is 2.06. The van der Waals surface area contributed by atoms with Gasteiger partial charge in [-0.15, -0.1) is 0 Å². The summed E-state index contributed by atoms with van der Waals surface area (Å²) in [5.41, 5.74) is 2.01. The molecule has 72 valence electrons. The molecule has 0 saturated heterocycles. The summed E-state index contributed by atoms with van der Waals surface area (Å²) in [5.74, 6) is 0.205. The van der Waals surface area contributed by atoms with E-state index in [9.17, 15) is 4.79 Å². The zero-order valence-corrected chi connectivity index (χ0v) is 8.13. The third-order valence-corrected chi connectivity index (χ3v) is 1.98. The van der Waals surface area contributed by atoms with E-state index < -0.39 is 0 Å². The minimum atomic E-state index is 0.